The Morgan fingerprint density at radius 2 is 2.13 bits per heavy atom. The van der Waals surface area contributed by atoms with Gasteiger partial charge in [-0.25, -0.2) is 4.39 Å². The molecule has 0 spiro atoms. The summed E-state index contributed by atoms with van der Waals surface area (Å²) in [4.78, 5) is 14.9. The third-order valence-electron chi connectivity index (χ3n) is 4.60. The van der Waals surface area contributed by atoms with Crippen LogP contribution >= 0.6 is 0 Å². The number of hydrogen-bond donors (Lipinski definition) is 2. The van der Waals surface area contributed by atoms with Crippen LogP contribution in [0.15, 0.2) is 24.3 Å². The quantitative estimate of drug-likeness (QED) is 0.822. The second-order valence-corrected chi connectivity index (χ2v) is 6.29. The second kappa shape index (κ2) is 7.38. The highest BCUT2D eigenvalue weighted by Gasteiger charge is 2.35. The highest BCUT2D eigenvalue weighted by Crippen LogP contribution is 2.33. The van der Waals surface area contributed by atoms with Crippen molar-refractivity contribution in [3.05, 3.63) is 35.6 Å². The summed E-state index contributed by atoms with van der Waals surface area (Å²) in [6.07, 6.45) is 2.23. The lowest BCUT2D eigenvalue weighted by molar-refractivity contribution is -0.129. The molecule has 1 saturated heterocycles. The minimum absolute atomic E-state index is 0.0135. The lowest BCUT2D eigenvalue weighted by Gasteiger charge is -2.34. The van der Waals surface area contributed by atoms with E-state index < -0.39 is 6.04 Å². The van der Waals surface area contributed by atoms with Crippen molar-refractivity contribution >= 4 is 5.91 Å². The lowest BCUT2D eigenvalue weighted by atomic mass is 10.0. The van der Waals surface area contributed by atoms with Gasteiger partial charge < -0.3 is 15.8 Å². The van der Waals surface area contributed by atoms with Crippen molar-refractivity contribution in [2.45, 2.75) is 24.9 Å². The zero-order valence-electron chi connectivity index (χ0n) is 13.2. The van der Waals surface area contributed by atoms with Gasteiger partial charge in [0.15, 0.2) is 0 Å². The van der Waals surface area contributed by atoms with Crippen LogP contribution < -0.4 is 11.1 Å². The van der Waals surface area contributed by atoms with Crippen molar-refractivity contribution in [1.82, 2.24) is 10.2 Å². The standard InChI is InChI=1S/C17H24FN3O2/c18-14-3-1-2-13(10-14)16(21-6-8-23-9-7-21)17(22)20-15(11-19)12-4-5-12/h1-3,10,12,15-16H,4-9,11,19H2,(H,20,22). The van der Waals surface area contributed by atoms with Gasteiger partial charge in [0.1, 0.15) is 11.9 Å². The Bertz CT molecular complexity index is 544. The molecule has 6 heteroatoms. The third kappa shape index (κ3) is 4.07. The van der Waals surface area contributed by atoms with Crippen LogP contribution in [0.5, 0.6) is 0 Å². The zero-order valence-corrected chi connectivity index (χ0v) is 13.2. The number of halogens is 1. The van der Waals surface area contributed by atoms with E-state index in [2.05, 4.69) is 5.32 Å². The predicted octanol–water partition coefficient (Wildman–Crippen LogP) is 1.05. The number of nitrogens with one attached hydrogen (secondary N) is 1. The van der Waals surface area contributed by atoms with Crippen molar-refractivity contribution in [2.75, 3.05) is 32.8 Å². The molecule has 0 bridgehead atoms. The summed E-state index contributed by atoms with van der Waals surface area (Å²) in [7, 11) is 0. The van der Waals surface area contributed by atoms with Crippen LogP contribution in [0.3, 0.4) is 0 Å². The van der Waals surface area contributed by atoms with Crippen LogP contribution in [0, 0.1) is 11.7 Å². The maximum Gasteiger partial charge on any atom is 0.242 e. The number of ether oxygens (including phenoxy) is 1. The number of rotatable bonds is 6. The van der Waals surface area contributed by atoms with Gasteiger partial charge in [0.2, 0.25) is 5.91 Å². The number of hydrogen-bond acceptors (Lipinski definition) is 4. The maximum absolute atomic E-state index is 13.6. The zero-order chi connectivity index (χ0) is 16.2. The van der Waals surface area contributed by atoms with Crippen molar-refractivity contribution < 1.29 is 13.9 Å². The van der Waals surface area contributed by atoms with E-state index in [1.807, 2.05) is 4.90 Å². The molecule has 1 aliphatic heterocycles. The fourth-order valence-electron chi connectivity index (χ4n) is 3.17. The van der Waals surface area contributed by atoms with Crippen molar-refractivity contribution in [1.29, 1.82) is 0 Å². The van der Waals surface area contributed by atoms with Crippen LogP contribution in [0.2, 0.25) is 0 Å². The molecule has 1 aliphatic carbocycles. The van der Waals surface area contributed by atoms with Crippen LogP contribution in [0.1, 0.15) is 24.4 Å². The molecule has 0 radical (unpaired) electrons. The Morgan fingerprint density at radius 1 is 1.39 bits per heavy atom. The first-order valence-corrected chi connectivity index (χ1v) is 8.26. The van der Waals surface area contributed by atoms with E-state index in [4.69, 9.17) is 10.5 Å². The molecule has 2 atom stereocenters. The number of carbonyl (C=O) groups excluding carboxylic acids is 1. The lowest BCUT2D eigenvalue weighted by Crippen LogP contribution is -2.50. The summed E-state index contributed by atoms with van der Waals surface area (Å²) in [5, 5.41) is 3.08. The van der Waals surface area contributed by atoms with Crippen molar-refractivity contribution in [3.8, 4) is 0 Å². The topological polar surface area (TPSA) is 67.6 Å². The molecule has 1 amide bonds. The summed E-state index contributed by atoms with van der Waals surface area (Å²) in [5.41, 5.74) is 6.47. The molecule has 2 unspecified atom stereocenters. The van der Waals surface area contributed by atoms with Gasteiger partial charge in [-0.2, -0.15) is 0 Å². The van der Waals surface area contributed by atoms with E-state index in [9.17, 15) is 9.18 Å². The van der Waals surface area contributed by atoms with E-state index in [1.165, 1.54) is 12.1 Å². The van der Waals surface area contributed by atoms with Gasteiger partial charge in [-0.05, 0) is 36.5 Å². The van der Waals surface area contributed by atoms with Gasteiger partial charge in [-0.1, -0.05) is 12.1 Å². The first kappa shape index (κ1) is 16.4. The van der Waals surface area contributed by atoms with Gasteiger partial charge in [0.25, 0.3) is 0 Å². The molecule has 1 aromatic rings. The molecular formula is C17H24FN3O2. The minimum atomic E-state index is -0.498. The molecule has 0 aromatic heterocycles. The molecule has 3 rings (SSSR count). The van der Waals surface area contributed by atoms with E-state index in [-0.39, 0.29) is 17.8 Å². The van der Waals surface area contributed by atoms with E-state index in [0.717, 1.165) is 12.8 Å². The molecule has 126 valence electrons. The number of nitrogens with zero attached hydrogens (tertiary/aromatic N) is 1. The highest BCUT2D eigenvalue weighted by molar-refractivity contribution is 5.83. The average molecular weight is 321 g/mol. The van der Waals surface area contributed by atoms with Crippen molar-refractivity contribution in [3.63, 3.8) is 0 Å². The van der Waals surface area contributed by atoms with Gasteiger partial charge in [-0.3, -0.25) is 9.69 Å². The van der Waals surface area contributed by atoms with Crippen LogP contribution in [0.25, 0.3) is 0 Å². The second-order valence-electron chi connectivity index (χ2n) is 6.29. The smallest absolute Gasteiger partial charge is 0.242 e. The normalized spacial score (nSPS) is 21.7. The minimum Gasteiger partial charge on any atom is -0.379 e. The molecular weight excluding hydrogens is 297 g/mol. The number of nitrogens with two attached hydrogens (primary N) is 1. The van der Waals surface area contributed by atoms with Gasteiger partial charge in [0.05, 0.1) is 13.2 Å². The van der Waals surface area contributed by atoms with E-state index in [0.29, 0.717) is 44.3 Å². The highest BCUT2D eigenvalue weighted by atomic mass is 19.1. The SMILES string of the molecule is NCC(NC(=O)C(c1cccc(F)c1)N1CCOCC1)C1CC1. The molecule has 5 nitrogen and oxygen atoms in total. The van der Waals surface area contributed by atoms with Crippen LogP contribution in [-0.2, 0) is 9.53 Å². The molecule has 2 aliphatic rings. The summed E-state index contributed by atoms with van der Waals surface area (Å²) in [5.74, 6) is 0.0628. The summed E-state index contributed by atoms with van der Waals surface area (Å²) in [6.45, 7) is 2.93. The largest absolute Gasteiger partial charge is 0.379 e. The van der Waals surface area contributed by atoms with Gasteiger partial charge in [0, 0.05) is 25.7 Å². The fourth-order valence-corrected chi connectivity index (χ4v) is 3.17. The molecule has 1 aromatic carbocycles. The molecule has 1 heterocycles. The van der Waals surface area contributed by atoms with Crippen LogP contribution in [-0.4, -0.2) is 49.7 Å². The van der Waals surface area contributed by atoms with Crippen LogP contribution in [0.4, 0.5) is 4.39 Å². The molecule has 23 heavy (non-hydrogen) atoms. The van der Waals surface area contributed by atoms with E-state index >= 15 is 0 Å². The Kier molecular flexibility index (Phi) is 5.25. The number of carbonyl (C=O) groups is 1. The Labute approximate surface area is 136 Å². The Hall–Kier alpha value is -1.50. The summed E-state index contributed by atoms with van der Waals surface area (Å²) >= 11 is 0. The number of morpholine rings is 1. The van der Waals surface area contributed by atoms with Gasteiger partial charge in [-0.15, -0.1) is 0 Å². The molecule has 1 saturated carbocycles. The van der Waals surface area contributed by atoms with E-state index in [1.54, 1.807) is 12.1 Å². The first-order valence-electron chi connectivity index (χ1n) is 8.26. The fraction of sp³-hybridized carbons (Fsp3) is 0.588. The Balaban J connectivity index is 1.79. The first-order chi connectivity index (χ1) is 11.2. The predicted molar refractivity (Wildman–Crippen MR) is 85.2 cm³/mol. The monoisotopic (exact) mass is 321 g/mol. The number of benzene rings is 1. The average Bonchev–Trinajstić information content (AvgIpc) is 3.39. The molecule has 3 N–H and O–H groups in total. The van der Waals surface area contributed by atoms with Gasteiger partial charge >= 0.3 is 0 Å². The maximum atomic E-state index is 13.6. The molecule has 2 fully saturated rings. The number of amides is 1. The summed E-state index contributed by atoms with van der Waals surface area (Å²) in [6, 6.07) is 5.80. The summed E-state index contributed by atoms with van der Waals surface area (Å²) < 4.78 is 19.0. The van der Waals surface area contributed by atoms with Crippen molar-refractivity contribution in [2.24, 2.45) is 11.7 Å². The Morgan fingerprint density at radius 3 is 2.74 bits per heavy atom. The third-order valence-corrected chi connectivity index (χ3v) is 4.60.